The van der Waals surface area contributed by atoms with Gasteiger partial charge in [0.2, 0.25) is 0 Å². The van der Waals surface area contributed by atoms with Gasteiger partial charge in [-0.25, -0.2) is 14.4 Å². The minimum Gasteiger partial charge on any atom is -0.383 e. The molecular formula is C19H12FN5. The highest BCUT2D eigenvalue weighted by Gasteiger charge is 2.20. The number of pyridine rings is 1. The lowest BCUT2D eigenvalue weighted by atomic mass is 10.0. The third-order valence-corrected chi connectivity index (χ3v) is 4.43. The molecule has 3 heterocycles. The lowest BCUT2D eigenvalue weighted by Crippen LogP contribution is -1.99. The van der Waals surface area contributed by atoms with Crippen LogP contribution in [0.1, 0.15) is 0 Å². The highest BCUT2D eigenvalue weighted by Crippen LogP contribution is 2.37. The molecule has 2 N–H and O–H groups in total. The zero-order chi connectivity index (χ0) is 17.0. The Morgan fingerprint density at radius 3 is 2.72 bits per heavy atom. The summed E-state index contributed by atoms with van der Waals surface area (Å²) >= 11 is 0. The van der Waals surface area contributed by atoms with Crippen LogP contribution in [0, 0.1) is 5.82 Å². The zero-order valence-electron chi connectivity index (χ0n) is 13.0. The Kier molecular flexibility index (Phi) is 2.76. The van der Waals surface area contributed by atoms with Crippen molar-refractivity contribution in [3.05, 3.63) is 67.0 Å². The van der Waals surface area contributed by atoms with Crippen molar-refractivity contribution in [2.24, 2.45) is 0 Å². The maximum atomic E-state index is 15.1. The number of aromatic nitrogens is 4. The molecule has 0 fully saturated rings. The molecule has 0 aliphatic heterocycles. The van der Waals surface area contributed by atoms with Gasteiger partial charge in [-0.15, -0.1) is 0 Å². The molecule has 0 saturated carbocycles. The summed E-state index contributed by atoms with van der Waals surface area (Å²) in [6.07, 6.45) is 10.7. The average molecular weight is 329 g/mol. The van der Waals surface area contributed by atoms with Crippen molar-refractivity contribution >= 4 is 33.5 Å². The minimum absolute atomic E-state index is 0.322. The van der Waals surface area contributed by atoms with Crippen molar-refractivity contribution in [3.63, 3.8) is 0 Å². The number of anilines is 1. The lowest BCUT2D eigenvalue weighted by Gasteiger charge is -2.09. The Balaban J connectivity index is 1.86. The van der Waals surface area contributed by atoms with Gasteiger partial charge in [-0.2, -0.15) is 0 Å². The van der Waals surface area contributed by atoms with Crippen molar-refractivity contribution in [2.75, 3.05) is 5.73 Å². The topological polar surface area (TPSA) is 69.6 Å². The second-order valence-electron chi connectivity index (χ2n) is 5.82. The summed E-state index contributed by atoms with van der Waals surface area (Å²) < 4.78 is 17.0. The van der Waals surface area contributed by atoms with Crippen LogP contribution >= 0.6 is 0 Å². The second kappa shape index (κ2) is 4.98. The smallest absolute Gasteiger partial charge is 0.157 e. The molecule has 1 aliphatic rings. The number of halogens is 1. The number of nitrogens with zero attached hydrogens (tertiary/aromatic N) is 4. The monoisotopic (exact) mass is 329 g/mol. The first kappa shape index (κ1) is 13.9. The van der Waals surface area contributed by atoms with E-state index in [1.807, 2.05) is 41.1 Å². The van der Waals surface area contributed by atoms with Gasteiger partial charge in [0.25, 0.3) is 0 Å². The number of hydrogen-bond donors (Lipinski definition) is 1. The van der Waals surface area contributed by atoms with Gasteiger partial charge >= 0.3 is 0 Å². The second-order valence-corrected chi connectivity index (χ2v) is 5.82. The lowest BCUT2D eigenvalue weighted by molar-refractivity contribution is 0.640. The fourth-order valence-corrected chi connectivity index (χ4v) is 3.15. The summed E-state index contributed by atoms with van der Waals surface area (Å²) in [7, 11) is 0. The van der Waals surface area contributed by atoms with Crippen LogP contribution in [0.15, 0.2) is 61.2 Å². The molecule has 25 heavy (non-hydrogen) atoms. The van der Waals surface area contributed by atoms with E-state index in [0.29, 0.717) is 33.5 Å². The van der Waals surface area contributed by atoms with Gasteiger partial charge in [0, 0.05) is 34.6 Å². The van der Waals surface area contributed by atoms with E-state index in [1.54, 1.807) is 18.3 Å². The van der Waals surface area contributed by atoms with Gasteiger partial charge in [-0.1, -0.05) is 24.3 Å². The first-order valence-electron chi connectivity index (χ1n) is 7.78. The Hall–Kier alpha value is -3.54. The van der Waals surface area contributed by atoms with Crippen LogP contribution in [0.5, 0.6) is 0 Å². The molecule has 1 aromatic carbocycles. The third-order valence-electron chi connectivity index (χ3n) is 4.43. The van der Waals surface area contributed by atoms with Gasteiger partial charge in [0.05, 0.1) is 5.39 Å². The van der Waals surface area contributed by atoms with Crippen molar-refractivity contribution in [2.45, 2.75) is 0 Å². The summed E-state index contributed by atoms with van der Waals surface area (Å²) in [6.45, 7) is 0. The van der Waals surface area contributed by atoms with E-state index in [0.717, 1.165) is 11.1 Å². The summed E-state index contributed by atoms with van der Waals surface area (Å²) in [5.41, 5.74) is 9.12. The van der Waals surface area contributed by atoms with Crippen LogP contribution in [-0.2, 0) is 0 Å². The Labute approximate surface area is 142 Å². The number of hydrogen-bond acceptors (Lipinski definition) is 4. The summed E-state index contributed by atoms with van der Waals surface area (Å²) in [5.74, 6) is -0.0540. The summed E-state index contributed by atoms with van der Waals surface area (Å²) in [6, 6.07) is 7.22. The normalized spacial score (nSPS) is 13.2. The number of benzene rings is 1. The van der Waals surface area contributed by atoms with E-state index < -0.39 is 0 Å². The number of fused-ring (bicyclic) bond motifs is 2. The first-order chi connectivity index (χ1) is 12.2. The van der Waals surface area contributed by atoms with Gasteiger partial charge in [-0.05, 0) is 18.2 Å². The highest BCUT2D eigenvalue weighted by atomic mass is 19.1. The predicted octanol–water partition coefficient (Wildman–Crippen LogP) is 3.78. The molecule has 0 atom stereocenters. The van der Waals surface area contributed by atoms with E-state index >= 15 is 4.39 Å². The van der Waals surface area contributed by atoms with E-state index in [9.17, 15) is 0 Å². The molecule has 3 aromatic heterocycles. The van der Waals surface area contributed by atoms with Crippen LogP contribution in [0.3, 0.4) is 0 Å². The Morgan fingerprint density at radius 2 is 1.92 bits per heavy atom. The van der Waals surface area contributed by atoms with Crippen molar-refractivity contribution in [1.29, 1.82) is 0 Å². The Morgan fingerprint density at radius 1 is 1.04 bits per heavy atom. The average Bonchev–Trinajstić information content (AvgIpc) is 2.95. The molecule has 6 heteroatoms. The molecule has 1 aliphatic carbocycles. The standard InChI is InChI=1S/C19H12FN5/c20-16-13(7-6-11-3-2-8-22-17(11)16)14-9-25(12-4-1-5-12)19-15(14)18(21)23-10-24-19/h1-10H,(H2,21,23,24). The molecule has 5 rings (SSSR count). The molecule has 5 nitrogen and oxygen atoms in total. The predicted molar refractivity (Wildman–Crippen MR) is 96.0 cm³/mol. The molecule has 0 saturated heterocycles. The molecule has 0 unspecified atom stereocenters. The van der Waals surface area contributed by atoms with Crippen LogP contribution < -0.4 is 5.73 Å². The van der Waals surface area contributed by atoms with Crippen LogP contribution in [0.2, 0.25) is 0 Å². The van der Waals surface area contributed by atoms with Gasteiger partial charge in [0.15, 0.2) is 11.5 Å². The zero-order valence-corrected chi connectivity index (χ0v) is 13.0. The maximum absolute atomic E-state index is 15.1. The van der Waals surface area contributed by atoms with Crippen LogP contribution in [0.4, 0.5) is 10.2 Å². The van der Waals surface area contributed by atoms with Crippen LogP contribution in [0.25, 0.3) is 38.8 Å². The molecule has 0 radical (unpaired) electrons. The highest BCUT2D eigenvalue weighted by molar-refractivity contribution is 6.04. The molecule has 0 spiro atoms. The largest absolute Gasteiger partial charge is 0.383 e. The molecule has 4 aromatic rings. The number of rotatable bonds is 2. The van der Waals surface area contributed by atoms with Gasteiger partial charge in [0.1, 0.15) is 17.7 Å². The van der Waals surface area contributed by atoms with E-state index in [1.165, 1.54) is 6.33 Å². The Bertz CT molecular complexity index is 1220. The first-order valence-corrected chi connectivity index (χ1v) is 7.78. The van der Waals surface area contributed by atoms with Gasteiger partial charge in [-0.3, -0.25) is 4.98 Å². The quantitative estimate of drug-likeness (QED) is 0.607. The van der Waals surface area contributed by atoms with Crippen molar-refractivity contribution in [3.8, 4) is 11.1 Å². The molecule has 0 amide bonds. The number of nitrogens with two attached hydrogens (primary N) is 1. The third kappa shape index (κ3) is 1.91. The molecule has 120 valence electrons. The summed E-state index contributed by atoms with van der Waals surface area (Å²) in [4.78, 5) is 12.6. The van der Waals surface area contributed by atoms with E-state index in [4.69, 9.17) is 5.73 Å². The van der Waals surface area contributed by atoms with E-state index in [2.05, 4.69) is 15.0 Å². The molecular weight excluding hydrogens is 317 g/mol. The summed E-state index contributed by atoms with van der Waals surface area (Å²) in [5, 5.41) is 1.39. The fourth-order valence-electron chi connectivity index (χ4n) is 3.15. The molecule has 0 bridgehead atoms. The fraction of sp³-hybridized carbons (Fsp3) is 0. The van der Waals surface area contributed by atoms with E-state index in [-0.39, 0.29) is 5.82 Å². The number of nitrogen functional groups attached to an aromatic ring is 1. The van der Waals surface area contributed by atoms with Crippen molar-refractivity contribution in [1.82, 2.24) is 19.5 Å². The SMILES string of the molecule is Nc1ncnc2c1c(-c1ccc3cccnc3c1F)cn2C1=CC=C1. The van der Waals surface area contributed by atoms with Crippen molar-refractivity contribution < 1.29 is 4.39 Å². The number of allylic oxidation sites excluding steroid dienone is 4. The van der Waals surface area contributed by atoms with Crippen LogP contribution in [-0.4, -0.2) is 19.5 Å². The maximum Gasteiger partial charge on any atom is 0.157 e. The van der Waals surface area contributed by atoms with Gasteiger partial charge < -0.3 is 10.3 Å². The minimum atomic E-state index is -0.376.